The van der Waals surface area contributed by atoms with E-state index in [1.165, 1.54) is 0 Å². The van der Waals surface area contributed by atoms with E-state index in [0.717, 1.165) is 6.54 Å². The third kappa shape index (κ3) is 2.43. The maximum Gasteiger partial charge on any atom is 0.138 e. The van der Waals surface area contributed by atoms with Crippen molar-refractivity contribution < 1.29 is 9.63 Å². The van der Waals surface area contributed by atoms with Crippen molar-refractivity contribution in [2.45, 2.75) is 13.3 Å². The van der Waals surface area contributed by atoms with Crippen LogP contribution in [0, 0.1) is 5.92 Å². The Bertz CT molecular complexity index is 177. The van der Waals surface area contributed by atoms with Gasteiger partial charge < -0.3 is 0 Å². The summed E-state index contributed by atoms with van der Waals surface area (Å²) in [5.74, 6) is 0.456. The molecule has 1 fully saturated rings. The second-order valence-corrected chi connectivity index (χ2v) is 3.09. The van der Waals surface area contributed by atoms with E-state index in [0.29, 0.717) is 25.4 Å². The molecule has 3 nitrogen and oxygen atoms in total. The lowest BCUT2D eigenvalue weighted by atomic mass is 10.0. The van der Waals surface area contributed by atoms with E-state index in [1.54, 1.807) is 6.08 Å². The average molecular weight is 169 g/mol. The van der Waals surface area contributed by atoms with Gasteiger partial charge in [0.25, 0.3) is 0 Å². The molecule has 1 saturated heterocycles. The quantitative estimate of drug-likeness (QED) is 0.591. The molecule has 0 aromatic carbocycles. The summed E-state index contributed by atoms with van der Waals surface area (Å²) in [4.78, 5) is 16.4. The molecule has 0 aromatic heterocycles. The Balaban J connectivity index is 2.30. The van der Waals surface area contributed by atoms with E-state index in [2.05, 4.69) is 6.58 Å². The molecule has 12 heavy (non-hydrogen) atoms. The van der Waals surface area contributed by atoms with Gasteiger partial charge >= 0.3 is 0 Å². The Hall–Kier alpha value is -0.670. The number of carbonyl (C=O) groups excluding carboxylic acids is 1. The summed E-state index contributed by atoms with van der Waals surface area (Å²) in [5, 5.41) is 1.84. The predicted molar refractivity (Wildman–Crippen MR) is 46.5 cm³/mol. The Labute approximate surface area is 73.0 Å². The van der Waals surface area contributed by atoms with Crippen molar-refractivity contribution in [3.05, 3.63) is 12.7 Å². The third-order valence-electron chi connectivity index (χ3n) is 2.01. The van der Waals surface area contributed by atoms with Crippen LogP contribution in [0.2, 0.25) is 0 Å². The Kier molecular flexibility index (Phi) is 3.44. The van der Waals surface area contributed by atoms with Gasteiger partial charge in [-0.3, -0.25) is 9.63 Å². The highest BCUT2D eigenvalue weighted by Gasteiger charge is 2.23. The first-order chi connectivity index (χ1) is 5.74. The van der Waals surface area contributed by atoms with E-state index in [1.807, 2.05) is 12.0 Å². The first-order valence-corrected chi connectivity index (χ1v) is 4.25. The van der Waals surface area contributed by atoms with Gasteiger partial charge in [0.1, 0.15) is 5.78 Å². The lowest BCUT2D eigenvalue weighted by Gasteiger charge is -2.28. The molecule has 0 aliphatic carbocycles. The molecule has 1 heterocycles. The molecule has 1 aliphatic heterocycles. The van der Waals surface area contributed by atoms with Crippen LogP contribution in [-0.2, 0) is 9.63 Å². The number of carbonyl (C=O) groups is 1. The third-order valence-corrected chi connectivity index (χ3v) is 2.01. The standard InChI is InChI=1S/C9H15NO2/c1-3-6-12-10-5-4-9(11)8(2)7-10/h3,8H,1,4-7H2,2H3. The van der Waals surface area contributed by atoms with Gasteiger partial charge in [0, 0.05) is 25.4 Å². The van der Waals surface area contributed by atoms with E-state index >= 15 is 0 Å². The number of rotatable bonds is 3. The normalized spacial score (nSPS) is 25.8. The Morgan fingerprint density at radius 2 is 2.58 bits per heavy atom. The lowest BCUT2D eigenvalue weighted by Crippen LogP contribution is -2.39. The number of ketones is 1. The highest BCUT2D eigenvalue weighted by molar-refractivity contribution is 5.81. The molecule has 0 saturated carbocycles. The molecular weight excluding hydrogens is 154 g/mol. The number of Topliss-reactive ketones (excluding diaryl/α,β-unsaturated/α-hetero) is 1. The summed E-state index contributed by atoms with van der Waals surface area (Å²) in [5.41, 5.74) is 0. The van der Waals surface area contributed by atoms with Crippen LogP contribution in [0.15, 0.2) is 12.7 Å². The van der Waals surface area contributed by atoms with Gasteiger partial charge in [-0.1, -0.05) is 13.0 Å². The molecule has 0 amide bonds. The zero-order valence-electron chi connectivity index (χ0n) is 7.45. The Morgan fingerprint density at radius 3 is 3.17 bits per heavy atom. The molecule has 1 unspecified atom stereocenters. The number of hydroxylamine groups is 2. The van der Waals surface area contributed by atoms with Crippen molar-refractivity contribution in [3.63, 3.8) is 0 Å². The smallest absolute Gasteiger partial charge is 0.138 e. The predicted octanol–water partition coefficient (Wildman–Crippen LogP) is 1.01. The van der Waals surface area contributed by atoms with Crippen LogP contribution in [0.1, 0.15) is 13.3 Å². The molecule has 0 spiro atoms. The van der Waals surface area contributed by atoms with Crippen molar-refractivity contribution >= 4 is 5.78 Å². The van der Waals surface area contributed by atoms with Crippen LogP contribution in [-0.4, -0.2) is 30.5 Å². The molecular formula is C9H15NO2. The molecule has 0 N–H and O–H groups in total. The van der Waals surface area contributed by atoms with E-state index in [9.17, 15) is 4.79 Å². The topological polar surface area (TPSA) is 29.5 Å². The first kappa shape index (κ1) is 9.42. The van der Waals surface area contributed by atoms with Crippen molar-refractivity contribution in [2.24, 2.45) is 5.92 Å². The molecule has 3 heteroatoms. The average Bonchev–Trinajstić information content (AvgIpc) is 2.07. The highest BCUT2D eigenvalue weighted by Crippen LogP contribution is 2.11. The Morgan fingerprint density at radius 1 is 1.83 bits per heavy atom. The summed E-state index contributed by atoms with van der Waals surface area (Å²) in [6, 6.07) is 0. The fourth-order valence-corrected chi connectivity index (χ4v) is 1.26. The van der Waals surface area contributed by atoms with Crippen LogP contribution in [0.5, 0.6) is 0 Å². The number of nitrogens with zero attached hydrogens (tertiary/aromatic N) is 1. The largest absolute Gasteiger partial charge is 0.299 e. The fourth-order valence-electron chi connectivity index (χ4n) is 1.26. The number of hydrogen-bond acceptors (Lipinski definition) is 3. The summed E-state index contributed by atoms with van der Waals surface area (Å²) < 4.78 is 0. The first-order valence-electron chi connectivity index (χ1n) is 4.25. The van der Waals surface area contributed by atoms with Gasteiger partial charge in [0.15, 0.2) is 0 Å². The molecule has 1 atom stereocenters. The molecule has 0 aromatic rings. The summed E-state index contributed by atoms with van der Waals surface area (Å²) in [7, 11) is 0. The summed E-state index contributed by atoms with van der Waals surface area (Å²) >= 11 is 0. The van der Waals surface area contributed by atoms with Crippen molar-refractivity contribution in [1.82, 2.24) is 5.06 Å². The minimum atomic E-state index is 0.114. The maximum atomic E-state index is 11.1. The van der Waals surface area contributed by atoms with Crippen LogP contribution in [0.3, 0.4) is 0 Å². The van der Waals surface area contributed by atoms with E-state index in [-0.39, 0.29) is 5.92 Å². The summed E-state index contributed by atoms with van der Waals surface area (Å²) in [6.45, 7) is 7.46. The van der Waals surface area contributed by atoms with Crippen molar-refractivity contribution in [1.29, 1.82) is 0 Å². The van der Waals surface area contributed by atoms with Crippen LogP contribution < -0.4 is 0 Å². The van der Waals surface area contributed by atoms with Gasteiger partial charge in [-0.2, -0.15) is 5.06 Å². The number of hydrogen-bond donors (Lipinski definition) is 0. The monoisotopic (exact) mass is 169 g/mol. The van der Waals surface area contributed by atoms with E-state index in [4.69, 9.17) is 4.84 Å². The molecule has 1 aliphatic rings. The van der Waals surface area contributed by atoms with Gasteiger partial charge in [0.05, 0.1) is 6.61 Å². The van der Waals surface area contributed by atoms with Crippen LogP contribution in [0.4, 0.5) is 0 Å². The molecule has 68 valence electrons. The van der Waals surface area contributed by atoms with Gasteiger partial charge in [0.2, 0.25) is 0 Å². The molecule has 0 bridgehead atoms. The zero-order chi connectivity index (χ0) is 8.97. The zero-order valence-corrected chi connectivity index (χ0v) is 7.45. The minimum Gasteiger partial charge on any atom is -0.299 e. The lowest BCUT2D eigenvalue weighted by molar-refractivity contribution is -0.172. The molecule has 0 radical (unpaired) electrons. The maximum absolute atomic E-state index is 11.1. The fraction of sp³-hybridized carbons (Fsp3) is 0.667. The number of piperidine rings is 1. The van der Waals surface area contributed by atoms with Gasteiger partial charge in [-0.25, -0.2) is 0 Å². The molecule has 1 rings (SSSR count). The van der Waals surface area contributed by atoms with Crippen LogP contribution in [0.25, 0.3) is 0 Å². The highest BCUT2D eigenvalue weighted by atomic mass is 16.7. The van der Waals surface area contributed by atoms with E-state index < -0.39 is 0 Å². The van der Waals surface area contributed by atoms with Crippen molar-refractivity contribution in [3.8, 4) is 0 Å². The second-order valence-electron chi connectivity index (χ2n) is 3.09. The van der Waals surface area contributed by atoms with Crippen LogP contribution >= 0.6 is 0 Å². The summed E-state index contributed by atoms with van der Waals surface area (Å²) in [6.07, 6.45) is 2.32. The second kappa shape index (κ2) is 4.38. The minimum absolute atomic E-state index is 0.114. The van der Waals surface area contributed by atoms with Crippen molar-refractivity contribution in [2.75, 3.05) is 19.7 Å². The SMILES string of the molecule is C=CCON1CCC(=O)C(C)C1. The van der Waals surface area contributed by atoms with Gasteiger partial charge in [-0.05, 0) is 0 Å². The van der Waals surface area contributed by atoms with Gasteiger partial charge in [-0.15, -0.1) is 6.58 Å².